The van der Waals surface area contributed by atoms with E-state index in [1.165, 1.54) is 0 Å². The molecule has 7 nitrogen and oxygen atoms in total. The van der Waals surface area contributed by atoms with Crippen LogP contribution in [-0.4, -0.2) is 30.5 Å². The molecular formula is C18H14ClN3O4S. The standard InChI is InChI=1S/C18H14ClN3O4S/c1-27(24,25)18-20-11-15(19)16(22-18)17(23)21-12-7-9-14(10-8-12)26-13-5-3-2-4-6-13/h2-11H,1H3,(H,21,23). The molecule has 0 aliphatic carbocycles. The summed E-state index contributed by atoms with van der Waals surface area (Å²) in [5.74, 6) is 0.637. The molecule has 0 fully saturated rings. The summed E-state index contributed by atoms with van der Waals surface area (Å²) in [6.07, 6.45) is 2.03. The van der Waals surface area contributed by atoms with E-state index in [9.17, 15) is 13.2 Å². The lowest BCUT2D eigenvalue weighted by molar-refractivity contribution is 0.102. The maximum atomic E-state index is 12.4. The highest BCUT2D eigenvalue weighted by Crippen LogP contribution is 2.23. The van der Waals surface area contributed by atoms with E-state index in [2.05, 4.69) is 15.3 Å². The van der Waals surface area contributed by atoms with E-state index in [-0.39, 0.29) is 10.7 Å². The summed E-state index contributed by atoms with van der Waals surface area (Å²) in [6, 6.07) is 15.9. The number of carbonyl (C=O) groups excluding carboxylic acids is 1. The van der Waals surface area contributed by atoms with Gasteiger partial charge < -0.3 is 10.1 Å². The normalized spacial score (nSPS) is 11.0. The second kappa shape index (κ2) is 7.73. The Labute approximate surface area is 160 Å². The molecular weight excluding hydrogens is 390 g/mol. The number of carbonyl (C=O) groups is 1. The Bertz CT molecular complexity index is 1070. The number of halogens is 1. The Balaban J connectivity index is 1.75. The van der Waals surface area contributed by atoms with Crippen LogP contribution in [0.4, 0.5) is 5.69 Å². The van der Waals surface area contributed by atoms with Crippen molar-refractivity contribution in [2.45, 2.75) is 5.16 Å². The Morgan fingerprint density at radius 2 is 1.67 bits per heavy atom. The summed E-state index contributed by atoms with van der Waals surface area (Å²) in [4.78, 5) is 19.7. The first-order valence-corrected chi connectivity index (χ1v) is 9.97. The molecule has 0 aliphatic heterocycles. The summed E-state index contributed by atoms with van der Waals surface area (Å²) >= 11 is 5.92. The van der Waals surface area contributed by atoms with Crippen LogP contribution in [0.1, 0.15) is 10.5 Å². The number of aromatic nitrogens is 2. The molecule has 9 heteroatoms. The van der Waals surface area contributed by atoms with Crippen molar-refractivity contribution < 1.29 is 17.9 Å². The number of ether oxygens (including phenoxy) is 1. The highest BCUT2D eigenvalue weighted by atomic mass is 35.5. The summed E-state index contributed by atoms with van der Waals surface area (Å²) in [6.45, 7) is 0. The molecule has 138 valence electrons. The van der Waals surface area contributed by atoms with Crippen molar-refractivity contribution in [2.24, 2.45) is 0 Å². The fourth-order valence-corrected chi connectivity index (χ4v) is 2.79. The third kappa shape index (κ3) is 4.81. The molecule has 0 aliphatic rings. The molecule has 0 saturated heterocycles. The van der Waals surface area contributed by atoms with Crippen LogP contribution in [0.25, 0.3) is 0 Å². The van der Waals surface area contributed by atoms with Gasteiger partial charge in [0.15, 0.2) is 5.69 Å². The number of sulfone groups is 1. The molecule has 0 atom stereocenters. The summed E-state index contributed by atoms with van der Waals surface area (Å²) in [5, 5.41) is 2.08. The number of para-hydroxylation sites is 1. The highest BCUT2D eigenvalue weighted by molar-refractivity contribution is 7.90. The Morgan fingerprint density at radius 1 is 1.04 bits per heavy atom. The summed E-state index contributed by atoms with van der Waals surface area (Å²) in [5.41, 5.74) is 0.243. The van der Waals surface area contributed by atoms with E-state index >= 15 is 0 Å². The maximum absolute atomic E-state index is 12.4. The molecule has 3 rings (SSSR count). The fourth-order valence-electron chi connectivity index (χ4n) is 2.11. The number of anilines is 1. The average molecular weight is 404 g/mol. The lowest BCUT2D eigenvalue weighted by Crippen LogP contribution is -2.17. The van der Waals surface area contributed by atoms with Crippen LogP contribution in [0.15, 0.2) is 66.0 Å². The van der Waals surface area contributed by atoms with E-state index in [0.717, 1.165) is 12.5 Å². The molecule has 1 amide bonds. The topological polar surface area (TPSA) is 98.2 Å². The van der Waals surface area contributed by atoms with Gasteiger partial charge in [-0.05, 0) is 36.4 Å². The van der Waals surface area contributed by atoms with E-state index in [4.69, 9.17) is 16.3 Å². The quantitative estimate of drug-likeness (QED) is 0.654. The summed E-state index contributed by atoms with van der Waals surface area (Å²) in [7, 11) is -3.66. The van der Waals surface area contributed by atoms with Gasteiger partial charge in [0.2, 0.25) is 15.0 Å². The number of nitrogens with one attached hydrogen (secondary N) is 1. The smallest absolute Gasteiger partial charge is 0.275 e. The average Bonchev–Trinajstić information content (AvgIpc) is 2.63. The number of hydrogen-bond acceptors (Lipinski definition) is 6. The molecule has 0 bridgehead atoms. The number of amides is 1. The maximum Gasteiger partial charge on any atom is 0.275 e. The minimum atomic E-state index is -3.66. The van der Waals surface area contributed by atoms with Gasteiger partial charge in [-0.2, -0.15) is 0 Å². The van der Waals surface area contributed by atoms with Gasteiger partial charge in [0.1, 0.15) is 11.5 Å². The summed E-state index contributed by atoms with van der Waals surface area (Å²) < 4.78 is 28.8. The monoisotopic (exact) mass is 403 g/mol. The van der Waals surface area contributed by atoms with Crippen molar-refractivity contribution in [3.05, 3.63) is 71.5 Å². The van der Waals surface area contributed by atoms with E-state index in [1.807, 2.05) is 30.3 Å². The SMILES string of the molecule is CS(=O)(=O)c1ncc(Cl)c(C(=O)Nc2ccc(Oc3ccccc3)cc2)n1. The molecule has 0 radical (unpaired) electrons. The van der Waals surface area contributed by atoms with Gasteiger partial charge in [0, 0.05) is 11.9 Å². The Hall–Kier alpha value is -2.97. The molecule has 3 aromatic rings. The van der Waals surface area contributed by atoms with Crippen molar-refractivity contribution in [1.29, 1.82) is 0 Å². The van der Waals surface area contributed by atoms with Crippen LogP contribution < -0.4 is 10.1 Å². The Morgan fingerprint density at radius 3 is 2.30 bits per heavy atom. The molecule has 0 unspecified atom stereocenters. The third-order valence-corrected chi connectivity index (χ3v) is 4.50. The first kappa shape index (κ1) is 18.8. The second-order valence-corrected chi connectivity index (χ2v) is 7.83. The largest absolute Gasteiger partial charge is 0.457 e. The first-order chi connectivity index (χ1) is 12.8. The number of hydrogen-bond donors (Lipinski definition) is 1. The zero-order chi connectivity index (χ0) is 19.4. The van der Waals surface area contributed by atoms with Crippen LogP contribution in [0.2, 0.25) is 5.02 Å². The first-order valence-electron chi connectivity index (χ1n) is 7.70. The van der Waals surface area contributed by atoms with E-state index in [0.29, 0.717) is 17.2 Å². The minimum Gasteiger partial charge on any atom is -0.457 e. The van der Waals surface area contributed by atoms with Gasteiger partial charge in [-0.1, -0.05) is 29.8 Å². The van der Waals surface area contributed by atoms with Crippen molar-refractivity contribution in [3.8, 4) is 11.5 Å². The van der Waals surface area contributed by atoms with Crippen LogP contribution in [0.5, 0.6) is 11.5 Å². The number of rotatable bonds is 5. The van der Waals surface area contributed by atoms with Gasteiger partial charge in [-0.15, -0.1) is 0 Å². The second-order valence-electron chi connectivity index (χ2n) is 5.51. The fraction of sp³-hybridized carbons (Fsp3) is 0.0556. The van der Waals surface area contributed by atoms with Crippen LogP contribution >= 0.6 is 11.6 Å². The van der Waals surface area contributed by atoms with Gasteiger partial charge in [0.05, 0.1) is 11.2 Å². The van der Waals surface area contributed by atoms with Crippen LogP contribution in [-0.2, 0) is 9.84 Å². The van der Waals surface area contributed by atoms with Crippen molar-refractivity contribution >= 4 is 33.0 Å². The van der Waals surface area contributed by atoms with Crippen molar-refractivity contribution in [2.75, 3.05) is 11.6 Å². The van der Waals surface area contributed by atoms with Crippen LogP contribution in [0.3, 0.4) is 0 Å². The van der Waals surface area contributed by atoms with Gasteiger partial charge >= 0.3 is 0 Å². The minimum absolute atomic E-state index is 0.0519. The number of nitrogens with zero attached hydrogens (tertiary/aromatic N) is 2. The molecule has 1 N–H and O–H groups in total. The molecule has 1 heterocycles. The zero-order valence-electron chi connectivity index (χ0n) is 14.1. The van der Waals surface area contributed by atoms with Crippen molar-refractivity contribution in [3.63, 3.8) is 0 Å². The third-order valence-electron chi connectivity index (χ3n) is 3.36. The molecule has 0 saturated carbocycles. The Kier molecular flexibility index (Phi) is 5.38. The van der Waals surface area contributed by atoms with Crippen LogP contribution in [0, 0.1) is 0 Å². The van der Waals surface area contributed by atoms with Gasteiger partial charge in [-0.25, -0.2) is 18.4 Å². The molecule has 27 heavy (non-hydrogen) atoms. The van der Waals surface area contributed by atoms with Gasteiger partial charge in [-0.3, -0.25) is 4.79 Å². The molecule has 0 spiro atoms. The van der Waals surface area contributed by atoms with Gasteiger partial charge in [0.25, 0.3) is 5.91 Å². The van der Waals surface area contributed by atoms with Crippen molar-refractivity contribution in [1.82, 2.24) is 9.97 Å². The number of benzene rings is 2. The molecule has 1 aromatic heterocycles. The molecule has 2 aromatic carbocycles. The lowest BCUT2D eigenvalue weighted by Gasteiger charge is -2.09. The van der Waals surface area contributed by atoms with E-state index < -0.39 is 20.9 Å². The predicted molar refractivity (Wildman–Crippen MR) is 101 cm³/mol. The predicted octanol–water partition coefficient (Wildman–Crippen LogP) is 3.58. The lowest BCUT2D eigenvalue weighted by atomic mass is 10.3. The highest BCUT2D eigenvalue weighted by Gasteiger charge is 2.19. The zero-order valence-corrected chi connectivity index (χ0v) is 15.7. The van der Waals surface area contributed by atoms with E-state index in [1.54, 1.807) is 24.3 Å².